The third kappa shape index (κ3) is 4.94. The Morgan fingerprint density at radius 1 is 1.44 bits per heavy atom. The molecular weight excluding hydrogens is 230 g/mol. The second kappa shape index (κ2) is 5.63. The molecule has 0 aromatic rings. The van der Waals surface area contributed by atoms with E-state index in [1.807, 2.05) is 0 Å². The quantitative estimate of drug-likeness (QED) is 0.725. The van der Waals surface area contributed by atoms with E-state index in [0.29, 0.717) is 25.7 Å². The van der Waals surface area contributed by atoms with Gasteiger partial charge in [0, 0.05) is 12.5 Å². The first-order valence-corrected chi connectivity index (χ1v) is 7.39. The average Bonchev–Trinajstić information content (AvgIpc) is 2.18. The summed E-state index contributed by atoms with van der Waals surface area (Å²) in [5.74, 6) is 0.216. The lowest BCUT2D eigenvalue weighted by Gasteiger charge is -2.23. The molecule has 94 valence electrons. The van der Waals surface area contributed by atoms with Crippen molar-refractivity contribution in [3.8, 4) is 0 Å². The number of aliphatic hydroxyl groups is 1. The highest BCUT2D eigenvalue weighted by molar-refractivity contribution is 7.91. The van der Waals surface area contributed by atoms with Gasteiger partial charge < -0.3 is 10.4 Å². The molecule has 1 fully saturated rings. The molecule has 1 aliphatic heterocycles. The second-order valence-corrected chi connectivity index (χ2v) is 6.68. The number of hydrogen-bond donors (Lipinski definition) is 2. The summed E-state index contributed by atoms with van der Waals surface area (Å²) in [7, 11) is -2.87. The third-order valence-electron chi connectivity index (χ3n) is 2.71. The molecule has 1 aliphatic rings. The van der Waals surface area contributed by atoms with Crippen molar-refractivity contribution in [2.45, 2.75) is 44.8 Å². The smallest absolute Gasteiger partial charge is 0.220 e. The van der Waals surface area contributed by atoms with E-state index in [1.54, 1.807) is 6.92 Å². The van der Waals surface area contributed by atoms with Crippen LogP contribution >= 0.6 is 0 Å². The van der Waals surface area contributed by atoms with Crippen LogP contribution in [0, 0.1) is 0 Å². The van der Waals surface area contributed by atoms with E-state index >= 15 is 0 Å². The Morgan fingerprint density at radius 2 is 2.00 bits per heavy atom. The zero-order chi connectivity index (χ0) is 12.2. The standard InChI is InChI=1S/C10H19NO4S/c1-8(12)2-3-10(13)11-9-4-6-16(14,15)7-5-9/h8-9,12H,2-7H2,1H3,(H,11,13). The predicted molar refractivity (Wildman–Crippen MR) is 60.7 cm³/mol. The van der Waals surface area contributed by atoms with E-state index in [0.717, 1.165) is 0 Å². The number of hydrogen-bond acceptors (Lipinski definition) is 4. The third-order valence-corrected chi connectivity index (χ3v) is 4.42. The van der Waals surface area contributed by atoms with Gasteiger partial charge in [-0.2, -0.15) is 0 Å². The van der Waals surface area contributed by atoms with Crippen LogP contribution in [-0.2, 0) is 14.6 Å². The summed E-state index contributed by atoms with van der Waals surface area (Å²) in [5, 5.41) is 11.8. The van der Waals surface area contributed by atoms with Crippen molar-refractivity contribution in [1.29, 1.82) is 0 Å². The number of carbonyl (C=O) groups is 1. The fourth-order valence-electron chi connectivity index (χ4n) is 1.67. The van der Waals surface area contributed by atoms with E-state index in [-0.39, 0.29) is 23.5 Å². The molecule has 0 saturated carbocycles. The molecule has 1 heterocycles. The summed E-state index contributed by atoms with van der Waals surface area (Å²) >= 11 is 0. The topological polar surface area (TPSA) is 83.5 Å². The first kappa shape index (κ1) is 13.4. The van der Waals surface area contributed by atoms with E-state index in [1.165, 1.54) is 0 Å². The van der Waals surface area contributed by atoms with Gasteiger partial charge in [-0.3, -0.25) is 4.79 Å². The first-order valence-electron chi connectivity index (χ1n) is 5.57. The molecule has 0 bridgehead atoms. The van der Waals surface area contributed by atoms with Crippen molar-refractivity contribution >= 4 is 15.7 Å². The van der Waals surface area contributed by atoms with Crippen molar-refractivity contribution in [2.24, 2.45) is 0 Å². The lowest BCUT2D eigenvalue weighted by Crippen LogP contribution is -2.40. The number of nitrogens with one attached hydrogen (secondary N) is 1. The Balaban J connectivity index is 2.26. The fourth-order valence-corrected chi connectivity index (χ4v) is 3.17. The maximum Gasteiger partial charge on any atom is 0.220 e. The summed E-state index contributed by atoms with van der Waals surface area (Å²) in [6.07, 6.45) is 1.26. The maximum atomic E-state index is 11.4. The number of carbonyl (C=O) groups excluding carboxylic acids is 1. The molecule has 1 amide bonds. The minimum atomic E-state index is -2.87. The molecule has 2 N–H and O–H groups in total. The molecule has 0 radical (unpaired) electrons. The normalized spacial score (nSPS) is 22.6. The van der Waals surface area contributed by atoms with Gasteiger partial charge in [0.15, 0.2) is 0 Å². The highest BCUT2D eigenvalue weighted by Crippen LogP contribution is 2.12. The van der Waals surface area contributed by atoms with Crippen molar-refractivity contribution in [3.05, 3.63) is 0 Å². The van der Waals surface area contributed by atoms with E-state index < -0.39 is 15.9 Å². The largest absolute Gasteiger partial charge is 0.393 e. The monoisotopic (exact) mass is 249 g/mol. The van der Waals surface area contributed by atoms with Gasteiger partial charge in [-0.25, -0.2) is 8.42 Å². The van der Waals surface area contributed by atoms with Crippen LogP contribution in [0.5, 0.6) is 0 Å². The van der Waals surface area contributed by atoms with E-state index in [2.05, 4.69) is 5.32 Å². The summed E-state index contributed by atoms with van der Waals surface area (Å²) < 4.78 is 22.3. The Morgan fingerprint density at radius 3 is 2.50 bits per heavy atom. The minimum Gasteiger partial charge on any atom is -0.393 e. The molecular formula is C10H19NO4S. The van der Waals surface area contributed by atoms with Gasteiger partial charge in [0.05, 0.1) is 17.6 Å². The lowest BCUT2D eigenvalue weighted by molar-refractivity contribution is -0.122. The van der Waals surface area contributed by atoms with E-state index in [4.69, 9.17) is 5.11 Å². The number of rotatable bonds is 4. The predicted octanol–water partition coefficient (Wildman–Crippen LogP) is -0.159. The van der Waals surface area contributed by atoms with Gasteiger partial charge in [-0.05, 0) is 26.2 Å². The summed E-state index contributed by atoms with van der Waals surface area (Å²) in [6, 6.07) is -0.0231. The summed E-state index contributed by atoms with van der Waals surface area (Å²) in [4.78, 5) is 11.4. The summed E-state index contributed by atoms with van der Waals surface area (Å²) in [5.41, 5.74) is 0. The van der Waals surface area contributed by atoms with Crippen LogP contribution in [0.15, 0.2) is 0 Å². The van der Waals surface area contributed by atoms with Crippen LogP contribution < -0.4 is 5.32 Å². The highest BCUT2D eigenvalue weighted by Gasteiger charge is 2.24. The second-order valence-electron chi connectivity index (χ2n) is 4.38. The molecule has 1 rings (SSSR count). The molecule has 0 aliphatic carbocycles. The zero-order valence-electron chi connectivity index (χ0n) is 9.48. The van der Waals surface area contributed by atoms with Crippen LogP contribution in [0.3, 0.4) is 0 Å². The van der Waals surface area contributed by atoms with Gasteiger partial charge in [-0.15, -0.1) is 0 Å². The van der Waals surface area contributed by atoms with E-state index in [9.17, 15) is 13.2 Å². The van der Waals surface area contributed by atoms with Crippen LogP contribution in [0.4, 0.5) is 0 Å². The van der Waals surface area contributed by atoms with Crippen molar-refractivity contribution in [1.82, 2.24) is 5.32 Å². The van der Waals surface area contributed by atoms with Crippen LogP contribution in [0.25, 0.3) is 0 Å². The molecule has 1 saturated heterocycles. The Bertz CT molecular complexity index is 323. The molecule has 0 aromatic carbocycles. The zero-order valence-corrected chi connectivity index (χ0v) is 10.3. The molecule has 0 aromatic heterocycles. The highest BCUT2D eigenvalue weighted by atomic mass is 32.2. The Kier molecular flexibility index (Phi) is 4.73. The molecule has 6 heteroatoms. The van der Waals surface area contributed by atoms with Crippen molar-refractivity contribution in [2.75, 3.05) is 11.5 Å². The Labute approximate surface area is 96.1 Å². The van der Waals surface area contributed by atoms with Gasteiger partial charge in [0.1, 0.15) is 9.84 Å². The molecule has 0 spiro atoms. The molecule has 1 unspecified atom stereocenters. The van der Waals surface area contributed by atoms with Crippen LogP contribution in [0.1, 0.15) is 32.6 Å². The van der Waals surface area contributed by atoms with Gasteiger partial charge in [0.2, 0.25) is 5.91 Å². The molecule has 5 nitrogen and oxygen atoms in total. The minimum absolute atomic E-state index is 0.0231. The fraction of sp³-hybridized carbons (Fsp3) is 0.900. The number of aliphatic hydroxyl groups excluding tert-OH is 1. The molecule has 1 atom stereocenters. The van der Waals surface area contributed by atoms with Gasteiger partial charge >= 0.3 is 0 Å². The summed E-state index contributed by atoms with van der Waals surface area (Å²) in [6.45, 7) is 1.64. The van der Waals surface area contributed by atoms with Crippen LogP contribution in [0.2, 0.25) is 0 Å². The maximum absolute atomic E-state index is 11.4. The van der Waals surface area contributed by atoms with Crippen molar-refractivity contribution < 1.29 is 18.3 Å². The SMILES string of the molecule is CC(O)CCC(=O)NC1CCS(=O)(=O)CC1. The first-order chi connectivity index (χ1) is 7.39. The van der Waals surface area contributed by atoms with Crippen molar-refractivity contribution in [3.63, 3.8) is 0 Å². The van der Waals surface area contributed by atoms with Crippen LogP contribution in [-0.4, -0.2) is 43.1 Å². The van der Waals surface area contributed by atoms with Gasteiger partial charge in [-0.1, -0.05) is 0 Å². The average molecular weight is 249 g/mol. The van der Waals surface area contributed by atoms with Gasteiger partial charge in [0.25, 0.3) is 0 Å². The lowest BCUT2D eigenvalue weighted by atomic mass is 10.1. The molecule has 16 heavy (non-hydrogen) atoms. The Hall–Kier alpha value is -0.620. The number of sulfone groups is 1. The number of amides is 1.